The number of fused-ring (bicyclic) bond motifs is 1. The van der Waals surface area contributed by atoms with E-state index < -0.39 is 23.4 Å². The molecule has 2 heterocycles. The molecule has 0 bridgehead atoms. The molecule has 3 amide bonds. The second-order valence-corrected chi connectivity index (χ2v) is 8.22. The SMILES string of the molecule is NC(=O)CCOCCOCCOCCOCCNc1cccc2cnn(C3CCC(=O)NC3=O)c(=O)c12. The van der Waals surface area contributed by atoms with Crippen LogP contribution in [0, 0.1) is 0 Å². The summed E-state index contributed by atoms with van der Waals surface area (Å²) in [6.45, 7) is 3.60. The highest BCUT2D eigenvalue weighted by Gasteiger charge is 2.30. The molecule has 1 atom stereocenters. The van der Waals surface area contributed by atoms with Crippen molar-refractivity contribution in [1.82, 2.24) is 15.1 Å². The molecule has 0 saturated carbocycles. The molecule has 1 aromatic carbocycles. The fourth-order valence-corrected chi connectivity index (χ4v) is 3.69. The van der Waals surface area contributed by atoms with E-state index in [-0.39, 0.29) is 25.2 Å². The zero-order chi connectivity index (χ0) is 26.5. The van der Waals surface area contributed by atoms with Crippen LogP contribution in [-0.2, 0) is 33.3 Å². The molecule has 2 aromatic rings. The van der Waals surface area contributed by atoms with Crippen LogP contribution in [-0.4, -0.2) is 86.9 Å². The molecule has 37 heavy (non-hydrogen) atoms. The van der Waals surface area contributed by atoms with Gasteiger partial charge >= 0.3 is 0 Å². The summed E-state index contributed by atoms with van der Waals surface area (Å²) < 4.78 is 22.7. The second kappa shape index (κ2) is 15.0. The van der Waals surface area contributed by atoms with Crippen LogP contribution in [0.15, 0.2) is 29.2 Å². The molecule has 1 aliphatic heterocycles. The first kappa shape index (κ1) is 28.2. The standard InChI is InChI=1S/C24H33N5O8/c25-20(30)6-8-34-10-12-36-14-15-37-13-11-35-9-7-26-18-3-1-2-17-16-27-29(24(33)22(17)18)19-4-5-21(31)28-23(19)32/h1-3,16,19,26H,4-15H2,(H2,25,30)(H,28,31,32). The minimum absolute atomic E-state index is 0.158. The molecule has 202 valence electrons. The Balaban J connectivity index is 1.34. The number of amides is 3. The number of ether oxygens (including phenoxy) is 4. The molecular weight excluding hydrogens is 486 g/mol. The number of aromatic nitrogens is 2. The van der Waals surface area contributed by atoms with E-state index in [9.17, 15) is 19.2 Å². The van der Waals surface area contributed by atoms with E-state index in [1.807, 2.05) is 6.07 Å². The average molecular weight is 520 g/mol. The molecule has 1 unspecified atom stereocenters. The van der Waals surface area contributed by atoms with Gasteiger partial charge in [0.1, 0.15) is 6.04 Å². The van der Waals surface area contributed by atoms with E-state index in [0.29, 0.717) is 75.9 Å². The van der Waals surface area contributed by atoms with Crippen molar-refractivity contribution < 1.29 is 33.3 Å². The summed E-state index contributed by atoms with van der Waals surface area (Å²) in [5, 5.41) is 10.7. The quantitative estimate of drug-likeness (QED) is 0.186. The normalized spacial score (nSPS) is 15.6. The van der Waals surface area contributed by atoms with Crippen LogP contribution >= 0.6 is 0 Å². The average Bonchev–Trinajstić information content (AvgIpc) is 2.87. The van der Waals surface area contributed by atoms with Crippen LogP contribution in [0.5, 0.6) is 0 Å². The number of piperidine rings is 1. The molecule has 3 rings (SSSR count). The summed E-state index contributed by atoms with van der Waals surface area (Å²) >= 11 is 0. The number of carbonyl (C=O) groups excluding carboxylic acids is 3. The van der Waals surface area contributed by atoms with Gasteiger partial charge in [0.25, 0.3) is 11.5 Å². The van der Waals surface area contributed by atoms with Gasteiger partial charge in [-0.1, -0.05) is 12.1 Å². The lowest BCUT2D eigenvalue weighted by atomic mass is 10.1. The Morgan fingerprint density at radius 3 is 2.30 bits per heavy atom. The van der Waals surface area contributed by atoms with Gasteiger partial charge in [0, 0.05) is 30.5 Å². The van der Waals surface area contributed by atoms with Gasteiger partial charge in [0.05, 0.1) is 64.4 Å². The first-order valence-electron chi connectivity index (χ1n) is 12.1. The maximum atomic E-state index is 13.2. The number of nitrogens with two attached hydrogens (primary N) is 1. The highest BCUT2D eigenvalue weighted by Crippen LogP contribution is 2.21. The van der Waals surface area contributed by atoms with Crippen LogP contribution in [0.4, 0.5) is 5.69 Å². The number of nitrogens with zero attached hydrogens (tertiary/aromatic N) is 2. The van der Waals surface area contributed by atoms with E-state index in [2.05, 4.69) is 15.7 Å². The number of benzene rings is 1. The molecule has 0 spiro atoms. The summed E-state index contributed by atoms with van der Waals surface area (Å²) in [5.74, 6) is -1.27. The minimum Gasteiger partial charge on any atom is -0.382 e. The van der Waals surface area contributed by atoms with Crippen molar-refractivity contribution in [3.63, 3.8) is 0 Å². The lowest BCUT2D eigenvalue weighted by molar-refractivity contribution is -0.136. The Hall–Kier alpha value is -3.39. The number of carbonyl (C=O) groups is 3. The fourth-order valence-electron chi connectivity index (χ4n) is 3.69. The summed E-state index contributed by atoms with van der Waals surface area (Å²) in [6.07, 6.45) is 2.13. The minimum atomic E-state index is -0.821. The smallest absolute Gasteiger partial charge is 0.277 e. The zero-order valence-electron chi connectivity index (χ0n) is 20.6. The van der Waals surface area contributed by atoms with Gasteiger partial charge in [-0.05, 0) is 12.5 Å². The second-order valence-electron chi connectivity index (χ2n) is 8.22. The summed E-state index contributed by atoms with van der Waals surface area (Å²) in [5.41, 5.74) is 5.23. The Kier molecular flexibility index (Phi) is 11.4. The third kappa shape index (κ3) is 8.89. The third-order valence-electron chi connectivity index (χ3n) is 5.52. The maximum Gasteiger partial charge on any atom is 0.277 e. The molecule has 1 aliphatic rings. The summed E-state index contributed by atoms with van der Waals surface area (Å²) in [6, 6.07) is 4.55. The van der Waals surface area contributed by atoms with Gasteiger partial charge in [0.15, 0.2) is 0 Å². The molecule has 1 aromatic heterocycles. The van der Waals surface area contributed by atoms with Gasteiger partial charge in [-0.2, -0.15) is 5.10 Å². The Bertz CT molecular complexity index is 1120. The topological polar surface area (TPSA) is 173 Å². The van der Waals surface area contributed by atoms with Gasteiger partial charge in [0.2, 0.25) is 11.8 Å². The predicted octanol–water partition coefficient (Wildman–Crippen LogP) is -0.272. The molecule has 13 nitrogen and oxygen atoms in total. The Morgan fingerprint density at radius 2 is 1.65 bits per heavy atom. The number of primary amides is 1. The van der Waals surface area contributed by atoms with Crippen molar-refractivity contribution in [3.8, 4) is 0 Å². The highest BCUT2D eigenvalue weighted by molar-refractivity contribution is 5.99. The number of rotatable bonds is 17. The Labute approximate surface area is 213 Å². The number of nitrogens with one attached hydrogen (secondary N) is 2. The van der Waals surface area contributed by atoms with E-state index in [4.69, 9.17) is 24.7 Å². The maximum absolute atomic E-state index is 13.2. The van der Waals surface area contributed by atoms with Crippen LogP contribution < -0.4 is 21.9 Å². The lowest BCUT2D eigenvalue weighted by Gasteiger charge is -2.22. The monoisotopic (exact) mass is 519 g/mol. The van der Waals surface area contributed by atoms with E-state index >= 15 is 0 Å². The molecule has 1 saturated heterocycles. The van der Waals surface area contributed by atoms with Gasteiger partial charge in [-0.25, -0.2) is 4.68 Å². The van der Waals surface area contributed by atoms with Crippen molar-refractivity contribution in [3.05, 3.63) is 34.7 Å². The van der Waals surface area contributed by atoms with Crippen molar-refractivity contribution in [2.45, 2.75) is 25.3 Å². The van der Waals surface area contributed by atoms with Crippen molar-refractivity contribution in [2.24, 2.45) is 5.73 Å². The van der Waals surface area contributed by atoms with E-state index in [1.54, 1.807) is 18.3 Å². The van der Waals surface area contributed by atoms with E-state index in [0.717, 1.165) is 4.68 Å². The van der Waals surface area contributed by atoms with Gasteiger partial charge in [-0.3, -0.25) is 24.5 Å². The van der Waals surface area contributed by atoms with Gasteiger partial charge < -0.3 is 30.0 Å². The summed E-state index contributed by atoms with van der Waals surface area (Å²) in [7, 11) is 0. The van der Waals surface area contributed by atoms with Crippen LogP contribution in [0.25, 0.3) is 10.8 Å². The van der Waals surface area contributed by atoms with Crippen LogP contribution in [0.2, 0.25) is 0 Å². The molecule has 0 radical (unpaired) electrons. The summed E-state index contributed by atoms with van der Waals surface area (Å²) in [4.78, 5) is 47.4. The van der Waals surface area contributed by atoms with Crippen molar-refractivity contribution in [2.75, 3.05) is 64.7 Å². The van der Waals surface area contributed by atoms with Gasteiger partial charge in [-0.15, -0.1) is 0 Å². The predicted molar refractivity (Wildman–Crippen MR) is 133 cm³/mol. The largest absolute Gasteiger partial charge is 0.382 e. The zero-order valence-corrected chi connectivity index (χ0v) is 20.6. The van der Waals surface area contributed by atoms with Crippen molar-refractivity contribution >= 4 is 34.2 Å². The number of imide groups is 1. The molecular formula is C24H33N5O8. The molecule has 4 N–H and O–H groups in total. The highest BCUT2D eigenvalue weighted by atomic mass is 16.6. The first-order valence-corrected chi connectivity index (χ1v) is 12.1. The Morgan fingerprint density at radius 1 is 1.00 bits per heavy atom. The fraction of sp³-hybridized carbons (Fsp3) is 0.542. The lowest BCUT2D eigenvalue weighted by Crippen LogP contribution is -2.45. The number of anilines is 1. The van der Waals surface area contributed by atoms with Crippen LogP contribution in [0.1, 0.15) is 25.3 Å². The van der Waals surface area contributed by atoms with Crippen LogP contribution in [0.3, 0.4) is 0 Å². The van der Waals surface area contributed by atoms with Crippen molar-refractivity contribution in [1.29, 1.82) is 0 Å². The third-order valence-corrected chi connectivity index (χ3v) is 5.52. The van der Waals surface area contributed by atoms with E-state index in [1.165, 1.54) is 0 Å². The molecule has 1 fully saturated rings. The number of hydrogen-bond acceptors (Lipinski definition) is 10. The molecule has 13 heteroatoms. The first-order chi connectivity index (χ1) is 18.0. The molecule has 0 aliphatic carbocycles. The number of hydrogen-bond donors (Lipinski definition) is 3.